The van der Waals surface area contributed by atoms with Crippen molar-refractivity contribution in [3.63, 3.8) is 0 Å². The van der Waals surface area contributed by atoms with E-state index in [0.29, 0.717) is 23.9 Å². The van der Waals surface area contributed by atoms with Crippen LogP contribution in [0.3, 0.4) is 0 Å². The maximum absolute atomic E-state index is 13.1. The van der Waals surface area contributed by atoms with Crippen molar-refractivity contribution in [2.24, 2.45) is 0 Å². The molecule has 0 rings (SSSR count). The van der Waals surface area contributed by atoms with E-state index in [1.54, 1.807) is 0 Å². The third-order valence-electron chi connectivity index (χ3n) is 17.9. The normalized spacial score (nSPS) is 14.0. The standard InChI is InChI=1S/C82H153N2O6P/c1-6-8-10-12-14-16-18-20-22-24-26-28-30-32-34-36-37-38-39-40-41-42-43-44-45-46-47-48-50-52-54-56-58-60-62-64-66-68-70-72-74-76-82(86)83-80(79-90-91(87,88)89-78-77-84(3,4)5)81(85)75-73-71-69-67-65-63-61-59-57-55-53-51-49-35-33-31-29-27-25-23-21-19-17-15-13-11-9-7-2/h8,10,14,16,20,22,26,28,32,34,37-38,40-41,80-81,85H,6-7,9,11-13,15,17-19,21,23-25,27,29-31,33,35-36,39,42-79H2,1-5H3,(H-,83,86,87,88)/p+1/b10-8-,16-14-,22-20-,28-26-,34-32-,38-37-,41-40-. The van der Waals surface area contributed by atoms with E-state index in [1.807, 2.05) is 21.1 Å². The first-order valence-electron chi connectivity index (χ1n) is 39.5. The number of carbonyl (C=O) groups is 1. The van der Waals surface area contributed by atoms with Gasteiger partial charge in [-0.1, -0.05) is 388 Å². The Morgan fingerprint density at radius 2 is 0.659 bits per heavy atom. The SMILES string of the molecule is CC/C=C\C/C=C\C/C=C\C/C=C\C/C=C\C/C=C\C/C=C\CCCCCCCCCCCCCCCCCCCCCC(=O)NC(COP(=O)(O)OCC[N+](C)(C)C)C(O)CCCCCCCCCCCCCCCCCCCCCCCCCCCCCC. The van der Waals surface area contributed by atoms with Crippen LogP contribution in [0.5, 0.6) is 0 Å². The summed E-state index contributed by atoms with van der Waals surface area (Å²) in [6.07, 6.45) is 103. The number of phosphoric acid groups is 1. The quantitative estimate of drug-likeness (QED) is 0.0243. The molecule has 0 aromatic rings. The van der Waals surface area contributed by atoms with Crippen LogP contribution in [0.15, 0.2) is 85.1 Å². The zero-order chi connectivity index (χ0) is 66.2. The van der Waals surface area contributed by atoms with E-state index in [9.17, 15) is 19.4 Å². The molecule has 8 nitrogen and oxygen atoms in total. The first-order chi connectivity index (χ1) is 44.5. The number of rotatable bonds is 73. The van der Waals surface area contributed by atoms with Gasteiger partial charge in [-0.25, -0.2) is 4.57 Å². The summed E-state index contributed by atoms with van der Waals surface area (Å²) in [6.45, 7) is 4.82. The fourth-order valence-electron chi connectivity index (χ4n) is 11.9. The molecule has 0 aromatic carbocycles. The number of quaternary nitrogens is 1. The number of carbonyl (C=O) groups excluding carboxylic acids is 1. The highest BCUT2D eigenvalue weighted by Crippen LogP contribution is 2.43. The van der Waals surface area contributed by atoms with Crippen LogP contribution in [0.1, 0.15) is 380 Å². The van der Waals surface area contributed by atoms with Crippen molar-refractivity contribution < 1.29 is 32.9 Å². The Kier molecular flexibility index (Phi) is 70.1. The van der Waals surface area contributed by atoms with Crippen LogP contribution in [0.4, 0.5) is 0 Å². The van der Waals surface area contributed by atoms with E-state index in [-0.39, 0.29) is 19.1 Å². The molecule has 0 spiro atoms. The van der Waals surface area contributed by atoms with Gasteiger partial charge in [-0.15, -0.1) is 0 Å². The lowest BCUT2D eigenvalue weighted by atomic mass is 10.0. The fourth-order valence-corrected chi connectivity index (χ4v) is 12.6. The highest BCUT2D eigenvalue weighted by Gasteiger charge is 2.28. The van der Waals surface area contributed by atoms with Crippen LogP contribution in [0.25, 0.3) is 0 Å². The lowest BCUT2D eigenvalue weighted by Gasteiger charge is -2.26. The number of phosphoric ester groups is 1. The Hall–Kier alpha value is -2.32. The molecule has 0 radical (unpaired) electrons. The summed E-state index contributed by atoms with van der Waals surface area (Å²) in [5.74, 6) is -0.138. The van der Waals surface area contributed by atoms with Crippen LogP contribution in [-0.4, -0.2) is 73.4 Å². The van der Waals surface area contributed by atoms with Gasteiger partial charge < -0.3 is 19.8 Å². The van der Waals surface area contributed by atoms with Crippen molar-refractivity contribution in [2.45, 2.75) is 392 Å². The summed E-state index contributed by atoms with van der Waals surface area (Å²) >= 11 is 0. The van der Waals surface area contributed by atoms with Crippen molar-refractivity contribution in [1.82, 2.24) is 5.32 Å². The lowest BCUT2D eigenvalue weighted by Crippen LogP contribution is -2.46. The van der Waals surface area contributed by atoms with Gasteiger partial charge in [-0.2, -0.15) is 0 Å². The minimum Gasteiger partial charge on any atom is -0.391 e. The molecule has 0 heterocycles. The number of nitrogens with one attached hydrogen (secondary N) is 1. The van der Waals surface area contributed by atoms with E-state index < -0.39 is 20.0 Å². The second-order valence-corrected chi connectivity index (χ2v) is 29.5. The summed E-state index contributed by atoms with van der Waals surface area (Å²) in [5.41, 5.74) is 0. The van der Waals surface area contributed by atoms with Crippen molar-refractivity contribution in [2.75, 3.05) is 40.9 Å². The average molecular weight is 1300 g/mol. The topological polar surface area (TPSA) is 105 Å². The monoisotopic (exact) mass is 1290 g/mol. The van der Waals surface area contributed by atoms with Crippen LogP contribution < -0.4 is 5.32 Å². The molecule has 3 unspecified atom stereocenters. The Morgan fingerprint density at radius 3 is 0.967 bits per heavy atom. The lowest BCUT2D eigenvalue weighted by molar-refractivity contribution is -0.870. The van der Waals surface area contributed by atoms with Crippen LogP contribution in [0.2, 0.25) is 0 Å². The fraction of sp³-hybridized carbons (Fsp3) is 0.817. The first kappa shape index (κ1) is 88.7. The second-order valence-electron chi connectivity index (χ2n) is 28.1. The minimum atomic E-state index is -4.34. The molecule has 0 bridgehead atoms. The number of allylic oxidation sites excluding steroid dienone is 14. The Labute approximate surface area is 567 Å². The number of likely N-dealkylation sites (N-methyl/N-ethyl adjacent to an activating group) is 1. The summed E-state index contributed by atoms with van der Waals surface area (Å²) in [6, 6.07) is -0.764. The van der Waals surface area contributed by atoms with Crippen molar-refractivity contribution in [3.8, 4) is 0 Å². The van der Waals surface area contributed by atoms with E-state index >= 15 is 0 Å². The summed E-state index contributed by atoms with van der Waals surface area (Å²) in [4.78, 5) is 23.5. The van der Waals surface area contributed by atoms with Crippen LogP contribution >= 0.6 is 7.82 Å². The molecule has 0 saturated heterocycles. The largest absolute Gasteiger partial charge is 0.472 e. The maximum Gasteiger partial charge on any atom is 0.472 e. The van der Waals surface area contributed by atoms with Gasteiger partial charge in [0.1, 0.15) is 13.2 Å². The smallest absolute Gasteiger partial charge is 0.391 e. The molecule has 0 aliphatic heterocycles. The van der Waals surface area contributed by atoms with Crippen molar-refractivity contribution >= 4 is 13.7 Å². The number of aliphatic hydroxyl groups excluding tert-OH is 1. The second kappa shape index (κ2) is 72.0. The summed E-state index contributed by atoms with van der Waals surface area (Å²) in [5, 5.41) is 14.2. The van der Waals surface area contributed by atoms with E-state index in [1.165, 1.54) is 270 Å². The van der Waals surface area contributed by atoms with Crippen molar-refractivity contribution in [3.05, 3.63) is 85.1 Å². The molecule has 0 aromatic heterocycles. The predicted octanol–water partition coefficient (Wildman–Crippen LogP) is 25.8. The maximum atomic E-state index is 13.1. The van der Waals surface area contributed by atoms with Crippen molar-refractivity contribution in [1.29, 1.82) is 0 Å². The molecule has 0 saturated carbocycles. The van der Waals surface area contributed by atoms with Gasteiger partial charge in [-0.3, -0.25) is 13.8 Å². The minimum absolute atomic E-state index is 0.0748. The third kappa shape index (κ3) is 74.9. The number of nitrogens with zero attached hydrogens (tertiary/aromatic N) is 1. The van der Waals surface area contributed by atoms with Crippen LogP contribution in [0, 0.1) is 0 Å². The van der Waals surface area contributed by atoms with Gasteiger partial charge >= 0.3 is 7.82 Å². The zero-order valence-corrected chi connectivity index (χ0v) is 62.0. The molecule has 1 amide bonds. The third-order valence-corrected chi connectivity index (χ3v) is 18.9. The van der Waals surface area contributed by atoms with Gasteiger partial charge in [0.25, 0.3) is 0 Å². The molecule has 532 valence electrons. The number of hydrogen-bond acceptors (Lipinski definition) is 5. The van der Waals surface area contributed by atoms with E-state index in [0.717, 1.165) is 83.5 Å². The molecule has 0 aliphatic carbocycles. The van der Waals surface area contributed by atoms with Gasteiger partial charge in [0.05, 0.1) is 39.9 Å². The van der Waals surface area contributed by atoms with E-state index in [4.69, 9.17) is 9.05 Å². The number of hydrogen-bond donors (Lipinski definition) is 3. The Balaban J connectivity index is 3.94. The molecule has 91 heavy (non-hydrogen) atoms. The molecule has 3 N–H and O–H groups in total. The number of amides is 1. The Morgan fingerprint density at radius 1 is 0.385 bits per heavy atom. The highest BCUT2D eigenvalue weighted by molar-refractivity contribution is 7.47. The molecular weight excluding hydrogens is 1140 g/mol. The Bertz CT molecular complexity index is 1760. The number of unbranched alkanes of at least 4 members (excludes halogenated alkanes) is 46. The summed E-state index contributed by atoms with van der Waals surface area (Å²) in [7, 11) is 1.63. The van der Waals surface area contributed by atoms with Gasteiger partial charge in [0.2, 0.25) is 5.91 Å². The molecule has 9 heteroatoms. The predicted molar refractivity (Wildman–Crippen MR) is 401 cm³/mol. The first-order valence-corrected chi connectivity index (χ1v) is 40.9. The molecule has 0 fully saturated rings. The number of aliphatic hydroxyl groups is 1. The zero-order valence-electron chi connectivity index (χ0n) is 61.1. The van der Waals surface area contributed by atoms with Gasteiger partial charge in [-0.05, 0) is 70.6 Å². The molecule has 3 atom stereocenters. The van der Waals surface area contributed by atoms with Gasteiger partial charge in [0, 0.05) is 6.42 Å². The molecular formula is C82H154N2O6P+. The summed E-state index contributed by atoms with van der Waals surface area (Å²) < 4.78 is 24.0. The van der Waals surface area contributed by atoms with Crippen LogP contribution in [-0.2, 0) is 18.4 Å². The van der Waals surface area contributed by atoms with E-state index in [2.05, 4.69) is 104 Å². The molecule has 0 aliphatic rings. The van der Waals surface area contributed by atoms with Gasteiger partial charge in [0.15, 0.2) is 0 Å². The average Bonchev–Trinajstić information content (AvgIpc) is 3.59. The highest BCUT2D eigenvalue weighted by atomic mass is 31.2.